The Morgan fingerprint density at radius 1 is 1.09 bits per heavy atom. The first-order valence-corrected chi connectivity index (χ1v) is 10.1. The minimum absolute atomic E-state index is 0. The van der Waals surface area contributed by atoms with Gasteiger partial charge in [0.1, 0.15) is 18.5 Å². The van der Waals surface area contributed by atoms with Crippen molar-refractivity contribution in [2.24, 2.45) is 0 Å². The molecule has 2 aromatic carbocycles. The number of hydrogen-bond donors (Lipinski definition) is 5. The molecule has 0 aliphatic rings. The molecule has 7 N–H and O–H groups in total. The van der Waals surface area contributed by atoms with Gasteiger partial charge in [0.2, 0.25) is 0 Å². The van der Waals surface area contributed by atoms with E-state index in [-0.39, 0.29) is 73.0 Å². The highest BCUT2D eigenvalue weighted by Gasteiger charge is 2.17. The fourth-order valence-corrected chi connectivity index (χ4v) is 3.04. The summed E-state index contributed by atoms with van der Waals surface area (Å²) < 4.78 is 5.79. The first-order valence-electron chi connectivity index (χ1n) is 9.74. The SMILES string of the molecule is C[C@H](CNC(=O)c1nc(Cl)c(N)nc1N)NC[C@H](O)COc1cccc2ccccc12.Cl.Cl. The summed E-state index contributed by atoms with van der Waals surface area (Å²) in [4.78, 5) is 19.9. The third-order valence-corrected chi connectivity index (χ3v) is 4.85. The minimum Gasteiger partial charge on any atom is -0.490 e. The highest BCUT2D eigenvalue weighted by Crippen LogP contribution is 2.25. The molecule has 0 aliphatic heterocycles. The molecular formula is C21H27Cl3N6O3. The van der Waals surface area contributed by atoms with E-state index >= 15 is 0 Å². The number of aliphatic hydroxyl groups is 1. The van der Waals surface area contributed by atoms with E-state index in [0.717, 1.165) is 16.5 Å². The summed E-state index contributed by atoms with van der Waals surface area (Å²) in [5.41, 5.74) is 11.1. The molecule has 9 nitrogen and oxygen atoms in total. The van der Waals surface area contributed by atoms with Crippen LogP contribution in [0.2, 0.25) is 5.15 Å². The Morgan fingerprint density at radius 3 is 2.55 bits per heavy atom. The number of ether oxygens (including phenoxy) is 1. The van der Waals surface area contributed by atoms with Crippen LogP contribution in [0.3, 0.4) is 0 Å². The number of anilines is 2. The summed E-state index contributed by atoms with van der Waals surface area (Å²) in [5.74, 6) is 0.0742. The topological polar surface area (TPSA) is 148 Å². The molecule has 0 unspecified atom stereocenters. The van der Waals surface area contributed by atoms with Crippen molar-refractivity contribution < 1.29 is 14.6 Å². The molecule has 2 atom stereocenters. The molecule has 0 saturated carbocycles. The van der Waals surface area contributed by atoms with Crippen molar-refractivity contribution in [3.05, 3.63) is 53.3 Å². The maximum absolute atomic E-state index is 12.2. The van der Waals surface area contributed by atoms with Gasteiger partial charge in [-0.25, -0.2) is 9.97 Å². The second kappa shape index (κ2) is 13.2. The first-order chi connectivity index (χ1) is 14.8. The number of aliphatic hydroxyl groups excluding tert-OH is 1. The lowest BCUT2D eigenvalue weighted by Gasteiger charge is -2.18. The van der Waals surface area contributed by atoms with Crippen molar-refractivity contribution in [1.29, 1.82) is 0 Å². The van der Waals surface area contributed by atoms with Crippen LogP contribution in [-0.2, 0) is 0 Å². The average Bonchev–Trinajstić information content (AvgIpc) is 2.77. The first kappa shape index (κ1) is 28.5. The molecule has 1 aromatic heterocycles. The number of rotatable bonds is 9. The Labute approximate surface area is 209 Å². The Bertz CT molecular complexity index is 1070. The summed E-state index contributed by atoms with van der Waals surface area (Å²) in [6.07, 6.45) is -0.727. The molecule has 33 heavy (non-hydrogen) atoms. The predicted octanol–water partition coefficient (Wildman–Crippen LogP) is 2.44. The zero-order valence-electron chi connectivity index (χ0n) is 17.8. The van der Waals surface area contributed by atoms with Crippen molar-refractivity contribution in [3.63, 3.8) is 0 Å². The molecule has 1 amide bonds. The number of nitrogens with one attached hydrogen (secondary N) is 2. The molecule has 0 fully saturated rings. The molecule has 0 bridgehead atoms. The van der Waals surface area contributed by atoms with Crippen LogP contribution in [0, 0.1) is 0 Å². The van der Waals surface area contributed by atoms with E-state index in [4.69, 9.17) is 27.8 Å². The van der Waals surface area contributed by atoms with Gasteiger partial charge >= 0.3 is 0 Å². The summed E-state index contributed by atoms with van der Waals surface area (Å²) >= 11 is 5.80. The van der Waals surface area contributed by atoms with Gasteiger partial charge in [-0.1, -0.05) is 48.0 Å². The van der Waals surface area contributed by atoms with E-state index in [1.807, 2.05) is 49.4 Å². The molecule has 0 spiro atoms. The van der Waals surface area contributed by atoms with Crippen LogP contribution in [0.5, 0.6) is 5.75 Å². The maximum atomic E-state index is 12.2. The normalized spacial score (nSPS) is 12.2. The quantitative estimate of drug-likeness (QED) is 0.291. The van der Waals surface area contributed by atoms with Gasteiger partial charge in [0.05, 0.1) is 0 Å². The van der Waals surface area contributed by atoms with Crippen LogP contribution < -0.4 is 26.8 Å². The minimum atomic E-state index is -0.727. The van der Waals surface area contributed by atoms with Crippen LogP contribution in [-0.4, -0.2) is 52.8 Å². The zero-order valence-corrected chi connectivity index (χ0v) is 20.2. The molecule has 12 heteroatoms. The highest BCUT2D eigenvalue weighted by atomic mass is 35.5. The summed E-state index contributed by atoms with van der Waals surface area (Å²) in [7, 11) is 0. The third kappa shape index (κ3) is 7.76. The lowest BCUT2D eigenvalue weighted by Crippen LogP contribution is -2.43. The van der Waals surface area contributed by atoms with E-state index in [0.29, 0.717) is 0 Å². The number of aromatic nitrogens is 2. The van der Waals surface area contributed by atoms with Crippen molar-refractivity contribution in [3.8, 4) is 5.75 Å². The fraction of sp³-hybridized carbons (Fsp3) is 0.286. The van der Waals surface area contributed by atoms with Gasteiger partial charge in [-0.3, -0.25) is 4.79 Å². The Kier molecular flexibility index (Phi) is 11.4. The van der Waals surface area contributed by atoms with Crippen LogP contribution in [0.25, 0.3) is 10.8 Å². The molecule has 1 heterocycles. The second-order valence-electron chi connectivity index (χ2n) is 7.09. The smallest absolute Gasteiger partial charge is 0.273 e. The van der Waals surface area contributed by atoms with Crippen LogP contribution in [0.1, 0.15) is 17.4 Å². The lowest BCUT2D eigenvalue weighted by atomic mass is 10.1. The maximum Gasteiger partial charge on any atom is 0.273 e. The van der Waals surface area contributed by atoms with E-state index in [9.17, 15) is 9.90 Å². The van der Waals surface area contributed by atoms with E-state index in [1.165, 1.54) is 0 Å². The van der Waals surface area contributed by atoms with Gasteiger partial charge < -0.3 is 31.9 Å². The number of nitrogens with two attached hydrogens (primary N) is 2. The molecule has 0 aliphatic carbocycles. The summed E-state index contributed by atoms with van der Waals surface area (Å²) in [5, 5.41) is 18.1. The number of amides is 1. The highest BCUT2D eigenvalue weighted by molar-refractivity contribution is 6.31. The molecular weight excluding hydrogens is 491 g/mol. The molecule has 0 radical (unpaired) electrons. The number of fused-ring (bicyclic) bond motifs is 1. The van der Waals surface area contributed by atoms with Crippen molar-refractivity contribution in [2.75, 3.05) is 31.2 Å². The Hall–Kier alpha value is -2.56. The van der Waals surface area contributed by atoms with Crippen LogP contribution in [0.4, 0.5) is 11.6 Å². The number of halogens is 3. The van der Waals surface area contributed by atoms with Crippen LogP contribution >= 0.6 is 36.4 Å². The molecule has 3 rings (SSSR count). The second-order valence-corrected chi connectivity index (χ2v) is 7.45. The van der Waals surface area contributed by atoms with E-state index < -0.39 is 12.0 Å². The molecule has 180 valence electrons. The number of carbonyl (C=O) groups is 1. The van der Waals surface area contributed by atoms with Gasteiger partial charge in [-0.15, -0.1) is 24.8 Å². The monoisotopic (exact) mass is 516 g/mol. The summed E-state index contributed by atoms with van der Waals surface area (Å²) in [6.45, 7) is 2.57. The van der Waals surface area contributed by atoms with Crippen molar-refractivity contribution in [1.82, 2.24) is 20.6 Å². The Morgan fingerprint density at radius 2 is 1.79 bits per heavy atom. The summed E-state index contributed by atoms with van der Waals surface area (Å²) in [6, 6.07) is 13.6. The average molecular weight is 518 g/mol. The zero-order chi connectivity index (χ0) is 22.4. The molecule has 3 aromatic rings. The van der Waals surface area contributed by atoms with Gasteiger partial charge in [0, 0.05) is 24.5 Å². The predicted molar refractivity (Wildman–Crippen MR) is 136 cm³/mol. The molecule has 0 saturated heterocycles. The third-order valence-electron chi connectivity index (χ3n) is 4.57. The van der Waals surface area contributed by atoms with Gasteiger partial charge in [-0.05, 0) is 18.4 Å². The van der Waals surface area contributed by atoms with Gasteiger partial charge in [-0.2, -0.15) is 0 Å². The lowest BCUT2D eigenvalue weighted by molar-refractivity contribution is 0.0938. The largest absolute Gasteiger partial charge is 0.490 e. The number of benzene rings is 2. The van der Waals surface area contributed by atoms with E-state index in [1.54, 1.807) is 0 Å². The Balaban J connectivity index is 0.00000272. The van der Waals surface area contributed by atoms with Crippen molar-refractivity contribution in [2.45, 2.75) is 19.1 Å². The van der Waals surface area contributed by atoms with Crippen molar-refractivity contribution >= 4 is 64.7 Å². The number of nitrogens with zero attached hydrogens (tertiary/aromatic N) is 2. The number of hydrogen-bond acceptors (Lipinski definition) is 8. The van der Waals surface area contributed by atoms with Crippen LogP contribution in [0.15, 0.2) is 42.5 Å². The number of carbonyl (C=O) groups excluding carboxylic acids is 1. The van der Waals surface area contributed by atoms with Gasteiger partial charge in [0.15, 0.2) is 22.5 Å². The number of nitrogen functional groups attached to an aromatic ring is 2. The standard InChI is InChI=1S/C21H25ClN6O3.2ClH/c1-12(9-26-21(30)17-19(23)28-20(24)18(22)27-17)25-10-14(29)11-31-16-8-4-6-13-5-2-3-7-15(13)16;;/h2-8,12,14,25,29H,9-11H2,1H3,(H,26,30)(H4,23,24,28);2*1H/t12-,14+;;/m1../s1. The fourth-order valence-electron chi connectivity index (χ4n) is 2.91. The van der Waals surface area contributed by atoms with Gasteiger partial charge in [0.25, 0.3) is 5.91 Å². The van der Waals surface area contributed by atoms with E-state index in [2.05, 4.69) is 20.6 Å².